The standard InChI is InChI=1S/C13H12N2O2/c16-13(17)11-7-14-12(15-8-5-6-8)10-4-2-1-3-9(10)11/h1-4,7-8H,5-6H2,(H,14,15)(H,16,17). The number of aromatic nitrogens is 1. The monoisotopic (exact) mass is 228 g/mol. The number of benzene rings is 1. The maximum absolute atomic E-state index is 11.1. The third-order valence-corrected chi connectivity index (χ3v) is 2.94. The fraction of sp³-hybridized carbons (Fsp3) is 0.231. The molecule has 1 heterocycles. The molecule has 86 valence electrons. The van der Waals surface area contributed by atoms with Crippen LogP contribution in [0.3, 0.4) is 0 Å². The number of anilines is 1. The van der Waals surface area contributed by atoms with E-state index in [-0.39, 0.29) is 5.56 Å². The highest BCUT2D eigenvalue weighted by Crippen LogP contribution is 2.29. The third kappa shape index (κ3) is 1.82. The van der Waals surface area contributed by atoms with Crippen LogP contribution in [0, 0.1) is 0 Å². The van der Waals surface area contributed by atoms with Gasteiger partial charge in [0.15, 0.2) is 0 Å². The molecule has 0 radical (unpaired) electrons. The number of hydrogen-bond acceptors (Lipinski definition) is 3. The minimum atomic E-state index is -0.938. The molecule has 2 aromatic rings. The Bertz CT molecular complexity index is 591. The van der Waals surface area contributed by atoms with Gasteiger partial charge >= 0.3 is 5.97 Å². The Balaban J connectivity index is 2.18. The summed E-state index contributed by atoms with van der Waals surface area (Å²) in [6.45, 7) is 0. The molecular weight excluding hydrogens is 216 g/mol. The molecule has 1 aromatic heterocycles. The zero-order valence-corrected chi connectivity index (χ0v) is 9.18. The van der Waals surface area contributed by atoms with E-state index in [0.29, 0.717) is 6.04 Å². The van der Waals surface area contributed by atoms with Gasteiger partial charge in [0.05, 0.1) is 5.56 Å². The Hall–Kier alpha value is -2.10. The van der Waals surface area contributed by atoms with Gasteiger partial charge in [-0.3, -0.25) is 0 Å². The molecule has 0 unspecified atom stereocenters. The van der Waals surface area contributed by atoms with Gasteiger partial charge in [-0.15, -0.1) is 0 Å². The van der Waals surface area contributed by atoms with Crippen LogP contribution < -0.4 is 5.32 Å². The minimum absolute atomic E-state index is 0.252. The average molecular weight is 228 g/mol. The molecule has 1 aliphatic rings. The smallest absolute Gasteiger partial charge is 0.337 e. The van der Waals surface area contributed by atoms with Crippen molar-refractivity contribution >= 4 is 22.6 Å². The summed E-state index contributed by atoms with van der Waals surface area (Å²) in [5.74, 6) is -0.153. The van der Waals surface area contributed by atoms with E-state index in [9.17, 15) is 4.79 Å². The number of carboxylic acid groups (broad SMARTS) is 1. The molecule has 0 amide bonds. The third-order valence-electron chi connectivity index (χ3n) is 2.94. The van der Waals surface area contributed by atoms with E-state index in [0.717, 1.165) is 29.4 Å². The number of aromatic carboxylic acids is 1. The number of rotatable bonds is 3. The van der Waals surface area contributed by atoms with E-state index < -0.39 is 5.97 Å². The lowest BCUT2D eigenvalue weighted by Crippen LogP contribution is -2.06. The highest BCUT2D eigenvalue weighted by Gasteiger charge is 2.22. The van der Waals surface area contributed by atoms with Gasteiger partial charge in [0.25, 0.3) is 0 Å². The lowest BCUT2D eigenvalue weighted by atomic mass is 10.1. The van der Waals surface area contributed by atoms with Gasteiger partial charge in [-0.05, 0) is 12.8 Å². The summed E-state index contributed by atoms with van der Waals surface area (Å²) in [6, 6.07) is 7.96. The first-order valence-corrected chi connectivity index (χ1v) is 5.63. The van der Waals surface area contributed by atoms with Crippen LogP contribution in [0.2, 0.25) is 0 Å². The summed E-state index contributed by atoms with van der Waals surface area (Å²) in [7, 11) is 0. The molecule has 4 heteroatoms. The quantitative estimate of drug-likeness (QED) is 0.847. The number of fused-ring (bicyclic) bond motifs is 1. The number of pyridine rings is 1. The first-order valence-electron chi connectivity index (χ1n) is 5.63. The highest BCUT2D eigenvalue weighted by molar-refractivity contribution is 6.06. The van der Waals surface area contributed by atoms with Crippen molar-refractivity contribution in [3.8, 4) is 0 Å². The van der Waals surface area contributed by atoms with Crippen molar-refractivity contribution < 1.29 is 9.90 Å². The molecular formula is C13H12N2O2. The topological polar surface area (TPSA) is 62.2 Å². The molecule has 0 spiro atoms. The zero-order chi connectivity index (χ0) is 11.8. The molecule has 0 aliphatic heterocycles. The Morgan fingerprint density at radius 2 is 2.00 bits per heavy atom. The van der Waals surface area contributed by atoms with E-state index in [4.69, 9.17) is 5.11 Å². The van der Waals surface area contributed by atoms with Crippen molar-refractivity contribution in [2.24, 2.45) is 0 Å². The fourth-order valence-electron chi connectivity index (χ4n) is 1.90. The molecule has 1 fully saturated rings. The predicted molar refractivity (Wildman–Crippen MR) is 65.3 cm³/mol. The van der Waals surface area contributed by atoms with Crippen LogP contribution >= 0.6 is 0 Å². The van der Waals surface area contributed by atoms with Crippen LogP contribution in [0.4, 0.5) is 5.82 Å². The van der Waals surface area contributed by atoms with Crippen LogP contribution in [0.5, 0.6) is 0 Å². The number of carbonyl (C=O) groups is 1. The van der Waals surface area contributed by atoms with Crippen LogP contribution in [-0.4, -0.2) is 22.1 Å². The van der Waals surface area contributed by atoms with Crippen molar-refractivity contribution in [1.82, 2.24) is 4.98 Å². The SMILES string of the molecule is O=C(O)c1cnc(NC2CC2)c2ccccc12. The normalized spacial score (nSPS) is 14.8. The van der Waals surface area contributed by atoms with E-state index in [2.05, 4.69) is 10.3 Å². The maximum atomic E-state index is 11.1. The summed E-state index contributed by atoms with van der Waals surface area (Å²) in [6.07, 6.45) is 3.75. The summed E-state index contributed by atoms with van der Waals surface area (Å²) in [4.78, 5) is 15.3. The van der Waals surface area contributed by atoms with Crippen molar-refractivity contribution in [2.45, 2.75) is 18.9 Å². The molecule has 4 nitrogen and oxygen atoms in total. The maximum Gasteiger partial charge on any atom is 0.337 e. The number of nitrogens with one attached hydrogen (secondary N) is 1. The van der Waals surface area contributed by atoms with Gasteiger partial charge in [0.1, 0.15) is 5.82 Å². The first kappa shape index (κ1) is 10.1. The van der Waals surface area contributed by atoms with E-state index >= 15 is 0 Å². The number of nitrogens with zero attached hydrogens (tertiary/aromatic N) is 1. The van der Waals surface area contributed by atoms with Gasteiger partial charge in [-0.2, -0.15) is 0 Å². The van der Waals surface area contributed by atoms with Gasteiger partial charge in [-0.25, -0.2) is 9.78 Å². The largest absolute Gasteiger partial charge is 0.478 e. The van der Waals surface area contributed by atoms with Gasteiger partial charge in [0, 0.05) is 23.0 Å². The lowest BCUT2D eigenvalue weighted by molar-refractivity contribution is 0.0698. The second kappa shape index (κ2) is 3.73. The first-order chi connectivity index (χ1) is 8.25. The van der Waals surface area contributed by atoms with Crippen LogP contribution in [0.15, 0.2) is 30.5 Å². The van der Waals surface area contributed by atoms with Crippen molar-refractivity contribution in [2.75, 3.05) is 5.32 Å². The van der Waals surface area contributed by atoms with Crippen molar-refractivity contribution in [3.05, 3.63) is 36.0 Å². The molecule has 1 saturated carbocycles. The summed E-state index contributed by atoms with van der Waals surface area (Å²) in [5.41, 5.74) is 0.252. The number of hydrogen-bond donors (Lipinski definition) is 2. The lowest BCUT2D eigenvalue weighted by Gasteiger charge is -2.09. The van der Waals surface area contributed by atoms with Crippen molar-refractivity contribution in [3.63, 3.8) is 0 Å². The molecule has 3 rings (SSSR count). The Morgan fingerprint density at radius 3 is 2.65 bits per heavy atom. The Kier molecular flexibility index (Phi) is 2.21. The van der Waals surface area contributed by atoms with Crippen molar-refractivity contribution in [1.29, 1.82) is 0 Å². The Morgan fingerprint density at radius 1 is 1.29 bits per heavy atom. The molecule has 0 atom stereocenters. The Labute approximate surface area is 98.3 Å². The highest BCUT2D eigenvalue weighted by atomic mass is 16.4. The summed E-state index contributed by atoms with van der Waals surface area (Å²) in [5, 5.41) is 14.0. The van der Waals surface area contributed by atoms with Gasteiger partial charge in [-0.1, -0.05) is 24.3 Å². The summed E-state index contributed by atoms with van der Waals surface area (Å²) < 4.78 is 0. The van der Waals surface area contributed by atoms with Gasteiger partial charge < -0.3 is 10.4 Å². The second-order valence-electron chi connectivity index (χ2n) is 4.29. The minimum Gasteiger partial charge on any atom is -0.478 e. The fourth-order valence-corrected chi connectivity index (χ4v) is 1.90. The number of carboxylic acids is 1. The molecule has 2 N–H and O–H groups in total. The molecule has 1 aromatic carbocycles. The van der Waals surface area contributed by atoms with Gasteiger partial charge in [0.2, 0.25) is 0 Å². The molecule has 0 bridgehead atoms. The van der Waals surface area contributed by atoms with Crippen LogP contribution in [0.1, 0.15) is 23.2 Å². The second-order valence-corrected chi connectivity index (χ2v) is 4.29. The average Bonchev–Trinajstić information content (AvgIpc) is 3.13. The zero-order valence-electron chi connectivity index (χ0n) is 9.18. The van der Waals surface area contributed by atoms with Crippen LogP contribution in [0.25, 0.3) is 10.8 Å². The molecule has 1 aliphatic carbocycles. The van der Waals surface area contributed by atoms with E-state index in [1.165, 1.54) is 6.20 Å². The van der Waals surface area contributed by atoms with Crippen LogP contribution in [-0.2, 0) is 0 Å². The predicted octanol–water partition coefficient (Wildman–Crippen LogP) is 2.51. The summed E-state index contributed by atoms with van der Waals surface area (Å²) >= 11 is 0. The molecule has 17 heavy (non-hydrogen) atoms. The van der Waals surface area contributed by atoms with E-state index in [1.807, 2.05) is 24.3 Å². The van der Waals surface area contributed by atoms with E-state index in [1.54, 1.807) is 0 Å². The molecule has 0 saturated heterocycles.